The Labute approximate surface area is 139 Å². The molecule has 0 spiro atoms. The number of ether oxygens (including phenoxy) is 2. The number of hydrogen-bond acceptors (Lipinski definition) is 4. The summed E-state index contributed by atoms with van der Waals surface area (Å²) < 4.78 is 11.5. The van der Waals surface area contributed by atoms with E-state index in [4.69, 9.17) is 9.47 Å². The third-order valence-corrected chi connectivity index (χ3v) is 3.93. The molecule has 1 fully saturated rings. The first-order valence-electron chi connectivity index (χ1n) is 6.59. The number of morpholine rings is 1. The molecular formula is C14H20BrClN2O3. The molecule has 1 aromatic rings. The van der Waals surface area contributed by atoms with Gasteiger partial charge in [-0.05, 0) is 23.8 Å². The molecule has 2 N–H and O–H groups in total. The van der Waals surface area contributed by atoms with Crippen molar-refractivity contribution < 1.29 is 14.3 Å². The van der Waals surface area contributed by atoms with E-state index in [2.05, 4.69) is 26.6 Å². The molecule has 0 saturated carbocycles. The Kier molecular flexibility index (Phi) is 8.03. The van der Waals surface area contributed by atoms with Gasteiger partial charge in [-0.1, -0.05) is 15.9 Å². The molecule has 5 nitrogen and oxygen atoms in total. The molecule has 1 aliphatic heterocycles. The number of halogens is 2. The predicted molar refractivity (Wildman–Crippen MR) is 87.0 cm³/mol. The molecule has 0 bridgehead atoms. The Morgan fingerprint density at radius 2 is 2.38 bits per heavy atom. The Hall–Kier alpha value is -0.820. The monoisotopic (exact) mass is 378 g/mol. The Balaban J connectivity index is 0.00000220. The van der Waals surface area contributed by atoms with Crippen LogP contribution in [-0.4, -0.2) is 38.8 Å². The number of hydrogen-bond donors (Lipinski definition) is 2. The summed E-state index contributed by atoms with van der Waals surface area (Å²) in [6, 6.07) is 5.81. The SMILES string of the molecule is COc1ccc(Br)c(CNC(=O)CC2COCCN2)c1.Cl. The van der Waals surface area contributed by atoms with Crippen molar-refractivity contribution in [3.05, 3.63) is 28.2 Å². The highest BCUT2D eigenvalue weighted by Crippen LogP contribution is 2.22. The molecule has 1 aromatic carbocycles. The van der Waals surface area contributed by atoms with Crippen LogP contribution < -0.4 is 15.4 Å². The van der Waals surface area contributed by atoms with E-state index in [1.165, 1.54) is 0 Å². The summed E-state index contributed by atoms with van der Waals surface area (Å²) >= 11 is 3.47. The van der Waals surface area contributed by atoms with Crippen molar-refractivity contribution in [3.8, 4) is 5.75 Å². The van der Waals surface area contributed by atoms with E-state index >= 15 is 0 Å². The zero-order valence-corrected chi connectivity index (χ0v) is 14.3. The van der Waals surface area contributed by atoms with Gasteiger partial charge in [0.05, 0.1) is 20.3 Å². The summed E-state index contributed by atoms with van der Waals surface area (Å²) in [5.74, 6) is 0.794. The second kappa shape index (κ2) is 9.25. The molecule has 0 aliphatic carbocycles. The van der Waals surface area contributed by atoms with Gasteiger partial charge in [-0.3, -0.25) is 4.79 Å². The minimum absolute atomic E-state index is 0. The summed E-state index contributed by atoms with van der Waals surface area (Å²) in [6.07, 6.45) is 0.432. The Morgan fingerprint density at radius 3 is 3.05 bits per heavy atom. The number of rotatable bonds is 5. The lowest BCUT2D eigenvalue weighted by Gasteiger charge is -2.23. The second-order valence-corrected chi connectivity index (χ2v) is 5.52. The maximum atomic E-state index is 11.9. The molecule has 1 aliphatic rings. The minimum atomic E-state index is 0. The van der Waals surface area contributed by atoms with Crippen LogP contribution in [0.15, 0.2) is 22.7 Å². The maximum absolute atomic E-state index is 11.9. The van der Waals surface area contributed by atoms with Gasteiger partial charge in [-0.2, -0.15) is 0 Å². The molecule has 2 rings (SSSR count). The maximum Gasteiger partial charge on any atom is 0.221 e. The first-order chi connectivity index (χ1) is 9.69. The van der Waals surface area contributed by atoms with Crippen LogP contribution in [0.2, 0.25) is 0 Å². The molecule has 21 heavy (non-hydrogen) atoms. The summed E-state index contributed by atoms with van der Waals surface area (Å²) in [6.45, 7) is 2.59. The van der Waals surface area contributed by atoms with E-state index in [-0.39, 0.29) is 24.4 Å². The van der Waals surface area contributed by atoms with E-state index in [1.54, 1.807) is 7.11 Å². The lowest BCUT2D eigenvalue weighted by atomic mass is 10.1. The molecule has 0 radical (unpaired) electrons. The number of benzene rings is 1. The van der Waals surface area contributed by atoms with Crippen molar-refractivity contribution in [3.63, 3.8) is 0 Å². The first-order valence-corrected chi connectivity index (χ1v) is 7.38. The average molecular weight is 380 g/mol. The van der Waals surface area contributed by atoms with Crippen molar-refractivity contribution in [1.29, 1.82) is 0 Å². The normalized spacial score (nSPS) is 17.7. The summed E-state index contributed by atoms with van der Waals surface area (Å²) in [7, 11) is 1.63. The summed E-state index contributed by atoms with van der Waals surface area (Å²) in [5, 5.41) is 6.18. The third kappa shape index (κ3) is 5.82. The standard InChI is InChI=1S/C14H19BrN2O3.ClH/c1-19-12-2-3-13(15)10(6-12)8-17-14(18)7-11-9-20-5-4-16-11;/h2-3,6,11,16H,4-5,7-9H2,1H3,(H,17,18);1H. The van der Waals surface area contributed by atoms with Crippen LogP contribution >= 0.6 is 28.3 Å². The lowest BCUT2D eigenvalue weighted by Crippen LogP contribution is -2.44. The Morgan fingerprint density at radius 1 is 1.57 bits per heavy atom. The highest BCUT2D eigenvalue weighted by Gasteiger charge is 2.16. The van der Waals surface area contributed by atoms with E-state index < -0.39 is 0 Å². The minimum Gasteiger partial charge on any atom is -0.497 e. The summed E-state index contributed by atoms with van der Waals surface area (Å²) in [5.41, 5.74) is 0.991. The second-order valence-electron chi connectivity index (χ2n) is 4.66. The predicted octanol–water partition coefficient (Wildman–Crippen LogP) is 1.87. The van der Waals surface area contributed by atoms with Gasteiger partial charge in [0, 0.05) is 30.0 Å². The fourth-order valence-electron chi connectivity index (χ4n) is 2.05. The number of methoxy groups -OCH3 is 1. The largest absolute Gasteiger partial charge is 0.497 e. The third-order valence-electron chi connectivity index (χ3n) is 3.16. The number of carbonyl (C=O) groups excluding carboxylic acids is 1. The van der Waals surface area contributed by atoms with Crippen molar-refractivity contribution in [2.45, 2.75) is 19.0 Å². The zero-order valence-electron chi connectivity index (χ0n) is 11.9. The van der Waals surface area contributed by atoms with E-state index in [0.29, 0.717) is 19.6 Å². The molecule has 1 atom stereocenters. The van der Waals surface area contributed by atoms with Crippen LogP contribution in [0, 0.1) is 0 Å². The topological polar surface area (TPSA) is 59.6 Å². The molecule has 7 heteroatoms. The van der Waals surface area contributed by atoms with Gasteiger partial charge in [0.2, 0.25) is 5.91 Å². The van der Waals surface area contributed by atoms with Crippen molar-refractivity contribution in [1.82, 2.24) is 10.6 Å². The Bertz CT molecular complexity index is 468. The van der Waals surface area contributed by atoms with Crippen LogP contribution in [0.4, 0.5) is 0 Å². The highest BCUT2D eigenvalue weighted by molar-refractivity contribution is 9.10. The van der Waals surface area contributed by atoms with Crippen molar-refractivity contribution in [2.75, 3.05) is 26.9 Å². The first kappa shape index (κ1) is 18.2. The van der Waals surface area contributed by atoms with Gasteiger partial charge in [-0.15, -0.1) is 12.4 Å². The van der Waals surface area contributed by atoms with Crippen molar-refractivity contribution in [2.24, 2.45) is 0 Å². The number of amides is 1. The fraction of sp³-hybridized carbons (Fsp3) is 0.500. The van der Waals surface area contributed by atoms with Gasteiger partial charge >= 0.3 is 0 Å². The van der Waals surface area contributed by atoms with Gasteiger partial charge in [-0.25, -0.2) is 0 Å². The van der Waals surface area contributed by atoms with Crippen LogP contribution in [0.3, 0.4) is 0 Å². The summed E-state index contributed by atoms with van der Waals surface area (Å²) in [4.78, 5) is 11.9. The lowest BCUT2D eigenvalue weighted by molar-refractivity contribution is -0.122. The van der Waals surface area contributed by atoms with Crippen molar-refractivity contribution >= 4 is 34.2 Å². The smallest absolute Gasteiger partial charge is 0.221 e. The van der Waals surface area contributed by atoms with Crippen LogP contribution in [0.25, 0.3) is 0 Å². The van der Waals surface area contributed by atoms with Gasteiger partial charge in [0.15, 0.2) is 0 Å². The van der Waals surface area contributed by atoms with Crippen LogP contribution in [-0.2, 0) is 16.1 Å². The quantitative estimate of drug-likeness (QED) is 0.820. The molecule has 1 saturated heterocycles. The van der Waals surface area contributed by atoms with Gasteiger partial charge in [0.25, 0.3) is 0 Å². The van der Waals surface area contributed by atoms with E-state index in [9.17, 15) is 4.79 Å². The zero-order chi connectivity index (χ0) is 14.4. The average Bonchev–Trinajstić information content (AvgIpc) is 2.47. The van der Waals surface area contributed by atoms with Crippen LogP contribution in [0.5, 0.6) is 5.75 Å². The molecule has 0 aromatic heterocycles. The molecule has 118 valence electrons. The molecule has 1 amide bonds. The molecule has 1 unspecified atom stereocenters. The molecule has 1 heterocycles. The molecular weight excluding hydrogens is 360 g/mol. The van der Waals surface area contributed by atoms with E-state index in [0.717, 1.165) is 28.9 Å². The van der Waals surface area contributed by atoms with E-state index in [1.807, 2.05) is 18.2 Å². The van der Waals surface area contributed by atoms with Gasteiger partial charge < -0.3 is 20.1 Å². The highest BCUT2D eigenvalue weighted by atomic mass is 79.9. The fourth-order valence-corrected chi connectivity index (χ4v) is 2.44. The van der Waals surface area contributed by atoms with Gasteiger partial charge in [0.1, 0.15) is 5.75 Å². The number of carbonyl (C=O) groups is 1. The number of nitrogens with one attached hydrogen (secondary N) is 2. The van der Waals surface area contributed by atoms with Crippen LogP contribution in [0.1, 0.15) is 12.0 Å².